The first-order chi connectivity index (χ1) is 10.3. The molecule has 0 atom stereocenters. The number of hydrogen-bond donors (Lipinski definition) is 1. The van der Waals surface area contributed by atoms with Crippen LogP contribution in [0.4, 0.5) is 5.69 Å². The van der Waals surface area contributed by atoms with E-state index in [-0.39, 0.29) is 0 Å². The number of aromatic nitrogens is 3. The maximum Gasteiger partial charge on any atom is 0.0925 e. The molecule has 1 aromatic carbocycles. The molecule has 0 aliphatic heterocycles. The summed E-state index contributed by atoms with van der Waals surface area (Å²) < 4.78 is 1.82. The highest BCUT2D eigenvalue weighted by atomic mass is 35.5. The van der Waals surface area contributed by atoms with Crippen LogP contribution in [0.5, 0.6) is 0 Å². The van der Waals surface area contributed by atoms with Crippen molar-refractivity contribution in [3.8, 4) is 5.69 Å². The van der Waals surface area contributed by atoms with Crippen LogP contribution in [0.3, 0.4) is 0 Å². The second kappa shape index (κ2) is 6.28. The van der Waals surface area contributed by atoms with E-state index in [4.69, 9.17) is 11.6 Å². The summed E-state index contributed by atoms with van der Waals surface area (Å²) >= 11 is 7.84. The summed E-state index contributed by atoms with van der Waals surface area (Å²) in [5.74, 6) is 0. The molecule has 0 spiro atoms. The standard InChI is InChI=1S/C15H15ClN4S/c1-2-15-18-10-12(21-15)9-17-13-8-11(16)4-5-14(13)20-7-3-6-19-20/h3-8,10,17H,2,9H2,1H3. The first kappa shape index (κ1) is 14.1. The van der Waals surface area contributed by atoms with Crippen molar-refractivity contribution >= 4 is 28.6 Å². The van der Waals surface area contributed by atoms with Gasteiger partial charge in [0, 0.05) is 28.5 Å². The molecule has 0 aliphatic rings. The molecule has 108 valence electrons. The van der Waals surface area contributed by atoms with E-state index >= 15 is 0 Å². The third-order valence-electron chi connectivity index (χ3n) is 3.07. The van der Waals surface area contributed by atoms with Gasteiger partial charge in [0.05, 0.1) is 22.9 Å². The number of anilines is 1. The number of halogens is 1. The number of thiazole rings is 1. The Morgan fingerprint density at radius 3 is 3.00 bits per heavy atom. The fourth-order valence-electron chi connectivity index (χ4n) is 2.04. The van der Waals surface area contributed by atoms with Crippen LogP contribution < -0.4 is 5.32 Å². The number of hydrogen-bond acceptors (Lipinski definition) is 4. The quantitative estimate of drug-likeness (QED) is 0.768. The molecule has 21 heavy (non-hydrogen) atoms. The van der Waals surface area contributed by atoms with Gasteiger partial charge in [-0.1, -0.05) is 18.5 Å². The molecule has 0 unspecified atom stereocenters. The Bertz CT molecular complexity index is 721. The van der Waals surface area contributed by atoms with Crippen molar-refractivity contribution < 1.29 is 0 Å². The topological polar surface area (TPSA) is 42.7 Å². The average Bonchev–Trinajstić information content (AvgIpc) is 3.16. The second-order valence-electron chi connectivity index (χ2n) is 4.54. The van der Waals surface area contributed by atoms with Crippen LogP contribution in [-0.4, -0.2) is 14.8 Å². The first-order valence-corrected chi connectivity index (χ1v) is 7.92. The molecule has 0 radical (unpaired) electrons. The van der Waals surface area contributed by atoms with Gasteiger partial charge in [0.1, 0.15) is 0 Å². The smallest absolute Gasteiger partial charge is 0.0925 e. The van der Waals surface area contributed by atoms with E-state index in [9.17, 15) is 0 Å². The number of nitrogens with one attached hydrogen (secondary N) is 1. The first-order valence-electron chi connectivity index (χ1n) is 6.73. The number of aryl methyl sites for hydroxylation is 1. The lowest BCUT2D eigenvalue weighted by Gasteiger charge is -2.11. The van der Waals surface area contributed by atoms with Gasteiger partial charge < -0.3 is 5.32 Å². The fraction of sp³-hybridized carbons (Fsp3) is 0.200. The molecule has 2 aromatic heterocycles. The molecule has 3 aromatic rings. The van der Waals surface area contributed by atoms with Crippen LogP contribution in [-0.2, 0) is 13.0 Å². The zero-order chi connectivity index (χ0) is 14.7. The zero-order valence-electron chi connectivity index (χ0n) is 11.6. The van der Waals surface area contributed by atoms with Gasteiger partial charge in [0.15, 0.2) is 0 Å². The van der Waals surface area contributed by atoms with Crippen LogP contribution in [0.15, 0.2) is 42.9 Å². The molecule has 3 rings (SSSR count). The minimum absolute atomic E-state index is 0.701. The molecule has 0 saturated heterocycles. The van der Waals surface area contributed by atoms with E-state index in [2.05, 4.69) is 22.3 Å². The Morgan fingerprint density at radius 2 is 2.29 bits per heavy atom. The summed E-state index contributed by atoms with van der Waals surface area (Å²) in [6.07, 6.45) is 6.57. The Balaban J connectivity index is 1.82. The Labute approximate surface area is 132 Å². The van der Waals surface area contributed by atoms with E-state index in [1.54, 1.807) is 17.5 Å². The lowest BCUT2D eigenvalue weighted by Crippen LogP contribution is -2.04. The van der Waals surface area contributed by atoms with E-state index in [1.807, 2.05) is 41.3 Å². The van der Waals surface area contributed by atoms with Gasteiger partial charge >= 0.3 is 0 Å². The fourth-order valence-corrected chi connectivity index (χ4v) is 3.01. The SMILES string of the molecule is CCc1ncc(CNc2cc(Cl)ccc2-n2cccn2)s1. The third-order valence-corrected chi connectivity index (χ3v) is 4.44. The van der Waals surface area contributed by atoms with Crippen LogP contribution in [0, 0.1) is 0 Å². The largest absolute Gasteiger partial charge is 0.378 e. The lowest BCUT2D eigenvalue weighted by molar-refractivity contribution is 0.879. The summed E-state index contributed by atoms with van der Waals surface area (Å²) in [6.45, 7) is 2.84. The normalized spacial score (nSPS) is 10.8. The summed E-state index contributed by atoms with van der Waals surface area (Å²) in [4.78, 5) is 5.58. The van der Waals surface area contributed by atoms with E-state index < -0.39 is 0 Å². The molecular weight excluding hydrogens is 304 g/mol. The molecule has 1 N–H and O–H groups in total. The van der Waals surface area contributed by atoms with Crippen LogP contribution in [0.2, 0.25) is 5.02 Å². The monoisotopic (exact) mass is 318 g/mol. The van der Waals surface area contributed by atoms with Gasteiger partial charge in [0.25, 0.3) is 0 Å². The van der Waals surface area contributed by atoms with Crippen LogP contribution in [0.25, 0.3) is 5.69 Å². The molecule has 6 heteroatoms. The van der Waals surface area contributed by atoms with Gasteiger partial charge in [-0.15, -0.1) is 11.3 Å². The van der Waals surface area contributed by atoms with Crippen molar-refractivity contribution in [1.29, 1.82) is 0 Å². The maximum absolute atomic E-state index is 6.11. The molecule has 0 bridgehead atoms. The Morgan fingerprint density at radius 1 is 1.38 bits per heavy atom. The highest BCUT2D eigenvalue weighted by Gasteiger charge is 2.07. The van der Waals surface area contributed by atoms with Gasteiger partial charge in [-0.3, -0.25) is 0 Å². The molecule has 2 heterocycles. The summed E-state index contributed by atoms with van der Waals surface area (Å²) in [6, 6.07) is 7.64. The molecule has 0 fully saturated rings. The lowest BCUT2D eigenvalue weighted by atomic mass is 10.2. The van der Waals surface area contributed by atoms with Crippen molar-refractivity contribution in [2.75, 3.05) is 5.32 Å². The van der Waals surface area contributed by atoms with Crippen molar-refractivity contribution in [3.63, 3.8) is 0 Å². The summed E-state index contributed by atoms with van der Waals surface area (Å²) in [5.41, 5.74) is 1.93. The zero-order valence-corrected chi connectivity index (χ0v) is 13.2. The number of nitrogens with zero attached hydrogens (tertiary/aromatic N) is 3. The Kier molecular flexibility index (Phi) is 4.22. The second-order valence-corrected chi connectivity index (χ2v) is 6.18. The van der Waals surface area contributed by atoms with Gasteiger partial charge in [-0.05, 0) is 30.7 Å². The van der Waals surface area contributed by atoms with Crippen molar-refractivity contribution in [2.45, 2.75) is 19.9 Å². The Hall–Kier alpha value is -1.85. The predicted octanol–water partition coefficient (Wildman–Crippen LogP) is 4.16. The van der Waals surface area contributed by atoms with E-state index in [0.717, 1.165) is 29.3 Å². The van der Waals surface area contributed by atoms with Gasteiger partial charge in [0.2, 0.25) is 0 Å². The van der Waals surface area contributed by atoms with E-state index in [0.29, 0.717) is 5.02 Å². The highest BCUT2D eigenvalue weighted by Crippen LogP contribution is 2.25. The summed E-state index contributed by atoms with van der Waals surface area (Å²) in [7, 11) is 0. The van der Waals surface area contributed by atoms with Gasteiger partial charge in [-0.2, -0.15) is 5.10 Å². The number of benzene rings is 1. The summed E-state index contributed by atoms with van der Waals surface area (Å²) in [5, 5.41) is 9.55. The number of rotatable bonds is 5. The highest BCUT2D eigenvalue weighted by molar-refractivity contribution is 7.11. The molecular formula is C15H15ClN4S. The molecule has 0 saturated carbocycles. The molecule has 0 aliphatic carbocycles. The maximum atomic E-state index is 6.11. The van der Waals surface area contributed by atoms with Crippen LogP contribution in [0.1, 0.15) is 16.8 Å². The predicted molar refractivity (Wildman–Crippen MR) is 87.4 cm³/mol. The van der Waals surface area contributed by atoms with E-state index in [1.165, 1.54) is 4.88 Å². The third kappa shape index (κ3) is 3.25. The van der Waals surface area contributed by atoms with Gasteiger partial charge in [-0.25, -0.2) is 9.67 Å². The molecule has 0 amide bonds. The van der Waals surface area contributed by atoms with Crippen molar-refractivity contribution in [1.82, 2.24) is 14.8 Å². The minimum Gasteiger partial charge on any atom is -0.378 e. The molecule has 4 nitrogen and oxygen atoms in total. The van der Waals surface area contributed by atoms with Crippen LogP contribution >= 0.6 is 22.9 Å². The van der Waals surface area contributed by atoms with Crippen molar-refractivity contribution in [3.05, 3.63) is 57.8 Å². The average molecular weight is 319 g/mol. The minimum atomic E-state index is 0.701. The van der Waals surface area contributed by atoms with Crippen molar-refractivity contribution in [2.24, 2.45) is 0 Å².